The smallest absolute Gasteiger partial charge is 0.354 e. The van der Waals surface area contributed by atoms with E-state index in [1.807, 2.05) is 37.3 Å². The average Bonchev–Trinajstić information content (AvgIpc) is 4.04. The first-order chi connectivity index (χ1) is 32.2. The van der Waals surface area contributed by atoms with Crippen molar-refractivity contribution in [2.45, 2.75) is 158 Å². The molecule has 0 atom stereocenters. The molecule has 14 heteroatoms. The molecule has 12 nitrogen and oxygen atoms in total. The van der Waals surface area contributed by atoms with Gasteiger partial charge in [0.25, 0.3) is 0 Å². The molecule has 0 saturated carbocycles. The third-order valence-electron chi connectivity index (χ3n) is 12.6. The number of aromatic amines is 1. The zero-order chi connectivity index (χ0) is 48.4. The number of H-pyrrole nitrogens is 1. The van der Waals surface area contributed by atoms with E-state index in [4.69, 9.17) is 14.5 Å². The number of carbonyl (C=O) groups excluding carboxylic acids is 3. The Bertz CT molecular complexity index is 2440. The van der Waals surface area contributed by atoms with Crippen LogP contribution < -0.4 is 3.71 Å². The van der Waals surface area contributed by atoms with Crippen LogP contribution in [0, 0.1) is 6.92 Å². The van der Waals surface area contributed by atoms with E-state index in [1.165, 1.54) is 61.2 Å². The van der Waals surface area contributed by atoms with Crippen molar-refractivity contribution < 1.29 is 23.9 Å². The number of ketones is 2. The molecule has 0 bridgehead atoms. The number of ether oxygens (including phenoxy) is 2. The van der Waals surface area contributed by atoms with E-state index in [9.17, 15) is 14.4 Å². The van der Waals surface area contributed by atoms with Crippen molar-refractivity contribution in [3.05, 3.63) is 107 Å². The fourth-order valence-electron chi connectivity index (χ4n) is 8.61. The van der Waals surface area contributed by atoms with Gasteiger partial charge in [0.05, 0.1) is 35.4 Å². The first-order valence-electron chi connectivity index (χ1n) is 24.7. The monoisotopic (exact) mass is 1040 g/mol. The first-order valence-corrected chi connectivity index (χ1v) is 35.8. The summed E-state index contributed by atoms with van der Waals surface area (Å²) in [6.45, 7) is 21.5. The SMILES string of the molecule is CCC[CH2][Sn]([CH2]CCC)([CH2]CCC)[c]1nc(C(=O)CCc2ccncc2)n(COCC[Si](C)(C)C)c1C.CCOC(=O)c1cc2cc(C3=C(C)CC(C(=O)CCc4ccncc4)=N3)ncc2[nH]1. The van der Waals surface area contributed by atoms with Crippen LogP contribution in [0.5, 0.6) is 0 Å². The normalized spacial score (nSPS) is 12.9. The summed E-state index contributed by atoms with van der Waals surface area (Å²) in [6.07, 6.45) is 19.1. The van der Waals surface area contributed by atoms with Crippen molar-refractivity contribution in [3.8, 4) is 0 Å². The minimum Gasteiger partial charge on any atom is -0.461 e. The number of fused-ring (bicyclic) bond motifs is 1. The van der Waals surface area contributed by atoms with E-state index >= 15 is 0 Å². The molecule has 5 aromatic rings. The molecule has 0 amide bonds. The number of carbonyl (C=O) groups is 3. The number of aryl methyl sites for hydroxylation is 2. The summed E-state index contributed by atoms with van der Waals surface area (Å²) >= 11 is -2.80. The van der Waals surface area contributed by atoms with Gasteiger partial charge in [-0.3, -0.25) is 14.8 Å². The second-order valence-corrected chi connectivity index (χ2v) is 37.8. The maximum absolute atomic E-state index is 13.6. The topological polar surface area (TPSA) is 154 Å². The van der Waals surface area contributed by atoms with Crippen LogP contribution in [0.4, 0.5) is 0 Å². The van der Waals surface area contributed by atoms with Gasteiger partial charge in [0.1, 0.15) is 5.69 Å². The number of hydrogen-bond acceptors (Lipinski definition) is 10. The number of unbranched alkanes of at least 4 members (excludes halogenated alkanes) is 3. The van der Waals surface area contributed by atoms with E-state index in [1.54, 1.807) is 44.0 Å². The van der Waals surface area contributed by atoms with Crippen LogP contribution in [0.2, 0.25) is 39.0 Å². The van der Waals surface area contributed by atoms with Gasteiger partial charge in [0.15, 0.2) is 5.78 Å². The minimum atomic E-state index is -2.80. The third kappa shape index (κ3) is 15.5. The molecular formula is C53H75N7O5SiSn. The largest absolute Gasteiger partial charge is 0.461 e. The van der Waals surface area contributed by atoms with Crippen LogP contribution in [-0.4, -0.2) is 92.4 Å². The fraction of sp³-hybridized carbons (Fsp3) is 0.509. The quantitative estimate of drug-likeness (QED) is 0.0247. The van der Waals surface area contributed by atoms with Gasteiger partial charge in [-0.1, -0.05) is 0 Å². The second-order valence-electron chi connectivity index (χ2n) is 19.2. The molecule has 0 aliphatic carbocycles. The predicted molar refractivity (Wildman–Crippen MR) is 277 cm³/mol. The van der Waals surface area contributed by atoms with Crippen molar-refractivity contribution in [2.75, 3.05) is 13.2 Å². The van der Waals surface area contributed by atoms with E-state index in [0.717, 1.165) is 52.4 Å². The molecule has 0 unspecified atom stereocenters. The van der Waals surface area contributed by atoms with Crippen LogP contribution >= 0.6 is 0 Å². The molecule has 67 heavy (non-hydrogen) atoms. The Hall–Kier alpha value is -4.60. The van der Waals surface area contributed by atoms with E-state index < -0.39 is 32.4 Å². The van der Waals surface area contributed by atoms with Crippen molar-refractivity contribution in [1.82, 2.24) is 29.5 Å². The zero-order valence-corrected chi connectivity index (χ0v) is 45.7. The van der Waals surface area contributed by atoms with Gasteiger partial charge in [0.2, 0.25) is 0 Å². The number of imidazole rings is 1. The number of nitrogens with one attached hydrogen (secondary N) is 1. The molecule has 5 aromatic heterocycles. The number of hydrogen-bond donors (Lipinski definition) is 1. The molecule has 1 aliphatic rings. The Labute approximate surface area is 404 Å². The molecule has 0 aromatic carbocycles. The Morgan fingerprint density at radius 2 is 1.39 bits per heavy atom. The van der Waals surface area contributed by atoms with Gasteiger partial charge < -0.3 is 9.72 Å². The third-order valence-corrected chi connectivity index (χ3v) is 29.8. The molecule has 0 spiro atoms. The van der Waals surface area contributed by atoms with Crippen LogP contribution in [0.25, 0.3) is 16.6 Å². The summed E-state index contributed by atoms with van der Waals surface area (Å²) in [7, 11) is -1.18. The second kappa shape index (κ2) is 26.2. The van der Waals surface area contributed by atoms with Gasteiger partial charge in [-0.25, -0.2) is 9.79 Å². The van der Waals surface area contributed by atoms with Crippen molar-refractivity contribution in [2.24, 2.45) is 4.99 Å². The van der Waals surface area contributed by atoms with E-state index in [2.05, 4.69) is 76.8 Å². The van der Waals surface area contributed by atoms with Gasteiger partial charge in [-0.2, -0.15) is 0 Å². The van der Waals surface area contributed by atoms with E-state index in [0.29, 0.717) is 61.9 Å². The van der Waals surface area contributed by atoms with Crippen molar-refractivity contribution >= 4 is 70.0 Å². The van der Waals surface area contributed by atoms with Gasteiger partial charge in [-0.15, -0.1) is 0 Å². The molecule has 0 saturated heterocycles. The molecule has 0 fully saturated rings. The number of Topliss-reactive ketones (excluding diaryl/α,β-unsaturated/α-hetero) is 2. The maximum atomic E-state index is 13.6. The summed E-state index contributed by atoms with van der Waals surface area (Å²) in [5.41, 5.74) is 7.57. The average molecular weight is 1040 g/mol. The summed E-state index contributed by atoms with van der Waals surface area (Å²) in [6, 6.07) is 12.6. The number of esters is 1. The number of nitrogens with zero attached hydrogens (tertiary/aromatic N) is 6. The molecule has 0 radical (unpaired) electrons. The summed E-state index contributed by atoms with van der Waals surface area (Å²) in [5, 5.41) is 0.844. The fourth-order valence-corrected chi connectivity index (χ4v) is 25.9. The number of rotatable bonds is 26. The van der Waals surface area contributed by atoms with Crippen molar-refractivity contribution in [1.29, 1.82) is 0 Å². The summed E-state index contributed by atoms with van der Waals surface area (Å²) < 4.78 is 18.8. The Balaban J connectivity index is 0.000000255. The Kier molecular flexibility index (Phi) is 20.9. The molecular weight excluding hydrogens is 961 g/mol. The van der Waals surface area contributed by atoms with Gasteiger partial charge in [-0.05, 0) is 55.7 Å². The zero-order valence-electron chi connectivity index (χ0n) is 41.8. The molecule has 1 aliphatic heterocycles. The molecule has 1 N–H and O–H groups in total. The van der Waals surface area contributed by atoms with Crippen molar-refractivity contribution in [3.63, 3.8) is 0 Å². The molecule has 6 heterocycles. The van der Waals surface area contributed by atoms with Gasteiger partial charge in [0, 0.05) is 30.6 Å². The predicted octanol–water partition coefficient (Wildman–Crippen LogP) is 11.7. The van der Waals surface area contributed by atoms with Crippen LogP contribution in [0.1, 0.15) is 136 Å². The minimum absolute atomic E-state index is 0.0495. The Morgan fingerprint density at radius 3 is 1.94 bits per heavy atom. The van der Waals surface area contributed by atoms with E-state index in [-0.39, 0.29) is 11.6 Å². The number of aromatic nitrogens is 6. The van der Waals surface area contributed by atoms with Crippen LogP contribution in [-0.2, 0) is 33.8 Å². The Morgan fingerprint density at radius 1 is 0.806 bits per heavy atom. The summed E-state index contributed by atoms with van der Waals surface area (Å²) in [5.74, 6) is 0.432. The summed E-state index contributed by atoms with van der Waals surface area (Å²) in [4.78, 5) is 63.7. The number of pyridine rings is 3. The first kappa shape index (κ1) is 53.4. The standard InChI is InChI=1S/C23H22N4O3.C18H26N3O2Si.3C4H9.Sn/c1-3-30-23(29)19-12-16-11-18(25-13-20(16)26-19)22-14(2)10-17(27-22)21(28)5-4-15-6-8-24-9-7-15;1-15-13-20-18(21(15)14-23-11-12-24(2,3)4)17(22)6-5-16-7-9-19-10-8-16;3*1-3-4-2;/h6-9,11-13,26H,3-5,10H2,1-2H3;7-10H,5-6,11-12,14H2,1-4H3;3*1,3-4H2,2H3;. The van der Waals surface area contributed by atoms with Gasteiger partial charge >= 0.3 is 239 Å². The number of aliphatic imine (C=N–C) groups is 1. The number of allylic oxidation sites excluding steroid dienone is 1. The molecule has 6 rings (SSSR count). The van der Waals surface area contributed by atoms with Crippen LogP contribution in [0.3, 0.4) is 0 Å². The molecule has 360 valence electrons. The maximum Gasteiger partial charge on any atom is 0.354 e. The van der Waals surface area contributed by atoms with Crippen LogP contribution in [0.15, 0.2) is 77.9 Å².